The molecule has 0 N–H and O–H groups in total. The molecule has 0 bridgehead atoms. The Morgan fingerprint density at radius 1 is 0.675 bits per heavy atom. The van der Waals surface area contributed by atoms with Crippen LogP contribution in [0.4, 0.5) is 0 Å². The van der Waals surface area contributed by atoms with Crippen LogP contribution >= 0.6 is 0 Å². The van der Waals surface area contributed by atoms with Gasteiger partial charge in [0, 0.05) is 17.0 Å². The van der Waals surface area contributed by atoms with Gasteiger partial charge in [0.05, 0.1) is 16.8 Å². The van der Waals surface area contributed by atoms with Gasteiger partial charge in [0.25, 0.3) is 0 Å². The summed E-state index contributed by atoms with van der Waals surface area (Å²) in [6.45, 7) is 9.09. The van der Waals surface area contributed by atoms with Crippen molar-refractivity contribution >= 4 is 33.1 Å². The Morgan fingerprint density at radius 2 is 1.38 bits per heavy atom. The third kappa shape index (κ3) is 3.83. The Hall–Kier alpha value is -4.70. The van der Waals surface area contributed by atoms with Crippen molar-refractivity contribution in [2.75, 3.05) is 0 Å². The maximum absolute atomic E-state index is 6.48. The zero-order valence-corrected chi connectivity index (χ0v) is 23.2. The van der Waals surface area contributed by atoms with Crippen LogP contribution in [-0.2, 0) is 0 Å². The van der Waals surface area contributed by atoms with Gasteiger partial charge in [-0.25, -0.2) is 9.97 Å². The molecule has 196 valence electrons. The third-order valence-electron chi connectivity index (χ3n) is 7.82. The molecular weight excluding hydrogens is 490 g/mol. The maximum Gasteiger partial charge on any atom is 0.178 e. The zero-order chi connectivity index (χ0) is 27.4. The van der Waals surface area contributed by atoms with Crippen LogP contribution in [0.3, 0.4) is 0 Å². The second-order valence-corrected chi connectivity index (χ2v) is 11.1. The van der Waals surface area contributed by atoms with Crippen molar-refractivity contribution in [1.82, 2.24) is 14.5 Å². The van der Waals surface area contributed by atoms with E-state index in [1.54, 1.807) is 0 Å². The van der Waals surface area contributed by atoms with E-state index in [4.69, 9.17) is 9.40 Å². The van der Waals surface area contributed by atoms with Crippen LogP contribution in [0.15, 0.2) is 108 Å². The molecule has 0 aliphatic carbocycles. The SMILES string of the molecule is CC(C)c1cc(-c2ccccc2)cc(C(C)C)c1-n1c(-c2cccc3c2oc2ccccc23)nc2ncccc21. The fraction of sp³-hybridized carbons (Fsp3) is 0.167. The lowest BCUT2D eigenvalue weighted by Gasteiger charge is -2.24. The van der Waals surface area contributed by atoms with Crippen molar-refractivity contribution in [2.45, 2.75) is 39.5 Å². The lowest BCUT2D eigenvalue weighted by atomic mass is 9.88. The zero-order valence-electron chi connectivity index (χ0n) is 23.2. The van der Waals surface area contributed by atoms with Crippen molar-refractivity contribution < 1.29 is 4.42 Å². The number of imidazole rings is 1. The first-order valence-electron chi connectivity index (χ1n) is 14.0. The van der Waals surface area contributed by atoms with Crippen LogP contribution in [-0.4, -0.2) is 14.5 Å². The Bertz CT molecular complexity index is 1980. The summed E-state index contributed by atoms with van der Waals surface area (Å²) >= 11 is 0. The molecule has 4 heteroatoms. The summed E-state index contributed by atoms with van der Waals surface area (Å²) in [6, 6.07) is 34.0. The minimum atomic E-state index is 0.292. The smallest absolute Gasteiger partial charge is 0.178 e. The molecule has 0 unspecified atom stereocenters. The molecule has 4 aromatic carbocycles. The molecule has 0 saturated heterocycles. The number of furan rings is 1. The van der Waals surface area contributed by atoms with E-state index in [0.29, 0.717) is 11.8 Å². The van der Waals surface area contributed by atoms with Crippen molar-refractivity contribution in [3.05, 3.63) is 114 Å². The summed E-state index contributed by atoms with van der Waals surface area (Å²) in [6.07, 6.45) is 1.82. The Morgan fingerprint density at radius 3 is 2.12 bits per heavy atom. The lowest BCUT2D eigenvalue weighted by molar-refractivity contribution is 0.669. The van der Waals surface area contributed by atoms with Gasteiger partial charge in [0.2, 0.25) is 0 Å². The largest absolute Gasteiger partial charge is 0.455 e. The molecule has 3 heterocycles. The second-order valence-electron chi connectivity index (χ2n) is 11.1. The average molecular weight is 522 g/mol. The number of aromatic nitrogens is 3. The molecule has 0 spiro atoms. The van der Waals surface area contributed by atoms with Crippen molar-refractivity contribution in [1.29, 1.82) is 0 Å². The van der Waals surface area contributed by atoms with Crippen LogP contribution < -0.4 is 0 Å². The molecule has 0 fully saturated rings. The highest BCUT2D eigenvalue weighted by atomic mass is 16.3. The van der Waals surface area contributed by atoms with Crippen LogP contribution in [0.2, 0.25) is 0 Å². The number of benzene rings is 4. The predicted octanol–water partition coefficient (Wildman–Crippen LogP) is 9.90. The van der Waals surface area contributed by atoms with E-state index in [0.717, 1.165) is 44.5 Å². The minimum Gasteiger partial charge on any atom is -0.455 e. The minimum absolute atomic E-state index is 0.292. The van der Waals surface area contributed by atoms with E-state index < -0.39 is 0 Å². The van der Waals surface area contributed by atoms with Crippen LogP contribution in [0.25, 0.3) is 61.3 Å². The van der Waals surface area contributed by atoms with Crippen LogP contribution in [0.5, 0.6) is 0 Å². The quantitative estimate of drug-likeness (QED) is 0.226. The summed E-state index contributed by atoms with van der Waals surface area (Å²) < 4.78 is 8.81. The number of nitrogens with zero attached hydrogens (tertiary/aromatic N) is 3. The summed E-state index contributed by atoms with van der Waals surface area (Å²) in [7, 11) is 0. The van der Waals surface area contributed by atoms with Crippen molar-refractivity contribution in [3.8, 4) is 28.2 Å². The number of fused-ring (bicyclic) bond motifs is 4. The molecule has 3 aromatic heterocycles. The molecule has 0 atom stereocenters. The first-order chi connectivity index (χ1) is 19.5. The lowest BCUT2D eigenvalue weighted by Crippen LogP contribution is -2.09. The summed E-state index contributed by atoms with van der Waals surface area (Å²) in [5.74, 6) is 1.43. The van der Waals surface area contributed by atoms with Gasteiger partial charge in [-0.3, -0.25) is 4.57 Å². The highest BCUT2D eigenvalue weighted by Gasteiger charge is 2.25. The molecule has 0 radical (unpaired) electrons. The van der Waals surface area contributed by atoms with Gasteiger partial charge < -0.3 is 4.42 Å². The molecule has 40 heavy (non-hydrogen) atoms. The topological polar surface area (TPSA) is 43.9 Å². The molecule has 0 aliphatic heterocycles. The van der Waals surface area contributed by atoms with Gasteiger partial charge >= 0.3 is 0 Å². The standard InChI is InChI=1S/C36H31N3O/c1-22(2)29-20-25(24-12-6-5-7-13-24)21-30(23(3)4)33(29)39-31-17-11-19-37-35(31)38-36(39)28-16-10-15-27-26-14-8-9-18-32(26)40-34(27)28/h5-23H,1-4H3. The van der Waals surface area contributed by atoms with Gasteiger partial charge in [-0.15, -0.1) is 0 Å². The van der Waals surface area contributed by atoms with E-state index in [1.807, 2.05) is 24.4 Å². The fourth-order valence-corrected chi connectivity index (χ4v) is 5.86. The average Bonchev–Trinajstić information content (AvgIpc) is 3.55. The summed E-state index contributed by atoms with van der Waals surface area (Å²) in [5, 5.41) is 2.20. The second kappa shape index (κ2) is 9.49. The first kappa shape index (κ1) is 24.3. The van der Waals surface area contributed by atoms with Gasteiger partial charge in [-0.05, 0) is 70.5 Å². The molecule has 0 amide bonds. The molecule has 7 aromatic rings. The summed E-state index contributed by atoms with van der Waals surface area (Å²) in [4.78, 5) is 9.84. The highest BCUT2D eigenvalue weighted by Crippen LogP contribution is 2.42. The Kier molecular flexibility index (Phi) is 5.78. The van der Waals surface area contributed by atoms with E-state index >= 15 is 0 Å². The van der Waals surface area contributed by atoms with Gasteiger partial charge in [-0.1, -0.05) is 88.4 Å². The molecule has 4 nitrogen and oxygen atoms in total. The normalized spacial score (nSPS) is 11.9. The fourth-order valence-electron chi connectivity index (χ4n) is 5.86. The van der Waals surface area contributed by atoms with Gasteiger partial charge in [0.1, 0.15) is 11.2 Å². The number of rotatable bonds is 5. The third-order valence-corrected chi connectivity index (χ3v) is 7.82. The van der Waals surface area contributed by atoms with Crippen LogP contribution in [0.1, 0.15) is 50.7 Å². The molecule has 7 rings (SSSR count). The highest BCUT2D eigenvalue weighted by molar-refractivity contribution is 6.09. The number of pyridine rings is 1. The van der Waals surface area contributed by atoms with E-state index in [9.17, 15) is 0 Å². The Balaban J connectivity index is 1.59. The van der Waals surface area contributed by atoms with Crippen molar-refractivity contribution in [3.63, 3.8) is 0 Å². The van der Waals surface area contributed by atoms with E-state index in [2.05, 4.69) is 116 Å². The van der Waals surface area contributed by atoms with E-state index in [-0.39, 0.29) is 0 Å². The number of hydrogen-bond donors (Lipinski definition) is 0. The molecular formula is C36H31N3O. The van der Waals surface area contributed by atoms with E-state index in [1.165, 1.54) is 27.9 Å². The van der Waals surface area contributed by atoms with Gasteiger partial charge in [-0.2, -0.15) is 0 Å². The number of para-hydroxylation sites is 2. The summed E-state index contributed by atoms with van der Waals surface area (Å²) in [5.41, 5.74) is 10.6. The van der Waals surface area contributed by atoms with Gasteiger partial charge in [0.15, 0.2) is 11.5 Å². The first-order valence-corrected chi connectivity index (χ1v) is 14.0. The molecule has 0 saturated carbocycles. The maximum atomic E-state index is 6.48. The Labute approximate surface area is 233 Å². The van der Waals surface area contributed by atoms with Crippen LogP contribution in [0, 0.1) is 0 Å². The molecule has 0 aliphatic rings. The predicted molar refractivity (Wildman–Crippen MR) is 165 cm³/mol. The number of hydrogen-bond acceptors (Lipinski definition) is 3. The van der Waals surface area contributed by atoms with Crippen molar-refractivity contribution in [2.24, 2.45) is 0 Å². The monoisotopic (exact) mass is 521 g/mol.